The minimum atomic E-state index is -0.429. The molecule has 0 unspecified atom stereocenters. The van der Waals surface area contributed by atoms with E-state index in [1.807, 2.05) is 31.1 Å². The number of fused-ring (bicyclic) bond motifs is 1. The third kappa shape index (κ3) is 3.25. The first-order valence-electron chi connectivity index (χ1n) is 9.13. The third-order valence-electron chi connectivity index (χ3n) is 4.83. The Morgan fingerprint density at radius 3 is 1.93 bits per heavy atom. The molecule has 0 spiro atoms. The van der Waals surface area contributed by atoms with E-state index in [0.717, 1.165) is 10.6 Å². The van der Waals surface area contributed by atoms with Gasteiger partial charge in [-0.05, 0) is 48.5 Å². The van der Waals surface area contributed by atoms with Gasteiger partial charge in [0.05, 0.1) is 22.4 Å². The van der Waals surface area contributed by atoms with Crippen molar-refractivity contribution in [2.45, 2.75) is 0 Å². The fourth-order valence-corrected chi connectivity index (χ4v) is 3.31. The van der Waals surface area contributed by atoms with E-state index in [1.165, 1.54) is 0 Å². The molecule has 1 aliphatic heterocycles. The van der Waals surface area contributed by atoms with E-state index in [2.05, 4.69) is 5.32 Å². The van der Waals surface area contributed by atoms with E-state index in [4.69, 9.17) is 0 Å². The Labute approximate surface area is 168 Å². The Bertz CT molecular complexity index is 1090. The molecular weight excluding hydrogens is 366 g/mol. The van der Waals surface area contributed by atoms with Gasteiger partial charge in [-0.15, -0.1) is 0 Å². The fourth-order valence-electron chi connectivity index (χ4n) is 3.31. The number of para-hydroxylation sites is 1. The first kappa shape index (κ1) is 18.4. The van der Waals surface area contributed by atoms with Crippen LogP contribution in [-0.4, -0.2) is 31.8 Å². The van der Waals surface area contributed by atoms with Gasteiger partial charge in [0, 0.05) is 25.5 Å². The lowest BCUT2D eigenvalue weighted by Gasteiger charge is -2.18. The highest BCUT2D eigenvalue weighted by Gasteiger charge is 2.37. The summed E-state index contributed by atoms with van der Waals surface area (Å²) in [4.78, 5) is 41.6. The molecule has 6 heteroatoms. The van der Waals surface area contributed by atoms with Crippen LogP contribution < -0.4 is 15.1 Å². The number of nitrogens with one attached hydrogen (secondary N) is 1. The first-order chi connectivity index (χ1) is 14.0. The van der Waals surface area contributed by atoms with Crippen LogP contribution >= 0.6 is 0 Å². The normalized spacial score (nSPS) is 12.7. The summed E-state index contributed by atoms with van der Waals surface area (Å²) in [5.74, 6) is -1.25. The summed E-state index contributed by atoms with van der Waals surface area (Å²) in [6.45, 7) is 0. The van der Waals surface area contributed by atoms with E-state index in [1.54, 1.807) is 60.7 Å². The number of carbonyl (C=O) groups is 3. The van der Waals surface area contributed by atoms with E-state index in [9.17, 15) is 14.4 Å². The molecule has 3 amide bonds. The fraction of sp³-hybridized carbons (Fsp3) is 0.0870. The van der Waals surface area contributed by atoms with Gasteiger partial charge in [0.2, 0.25) is 0 Å². The quantitative estimate of drug-likeness (QED) is 0.694. The molecule has 0 saturated carbocycles. The van der Waals surface area contributed by atoms with Gasteiger partial charge >= 0.3 is 0 Å². The van der Waals surface area contributed by atoms with E-state index in [0.29, 0.717) is 16.8 Å². The van der Waals surface area contributed by atoms with Crippen LogP contribution in [0.1, 0.15) is 31.1 Å². The lowest BCUT2D eigenvalue weighted by molar-refractivity contribution is 0.0926. The van der Waals surface area contributed by atoms with Crippen molar-refractivity contribution in [1.29, 1.82) is 0 Å². The molecule has 1 N–H and O–H groups in total. The number of carbonyl (C=O) groups excluding carboxylic acids is 3. The zero-order valence-corrected chi connectivity index (χ0v) is 16.0. The summed E-state index contributed by atoms with van der Waals surface area (Å²) in [6, 6.07) is 20.6. The largest absolute Gasteiger partial charge is 0.378 e. The number of hydrogen-bond donors (Lipinski definition) is 1. The predicted octanol–water partition coefficient (Wildman–Crippen LogP) is 3.81. The van der Waals surface area contributed by atoms with Gasteiger partial charge in [-0.1, -0.05) is 24.3 Å². The van der Waals surface area contributed by atoms with Crippen LogP contribution in [0.5, 0.6) is 0 Å². The van der Waals surface area contributed by atoms with E-state index < -0.39 is 17.7 Å². The van der Waals surface area contributed by atoms with Crippen molar-refractivity contribution in [2.75, 3.05) is 29.2 Å². The predicted molar refractivity (Wildman–Crippen MR) is 113 cm³/mol. The molecule has 4 rings (SSSR count). The highest BCUT2D eigenvalue weighted by Crippen LogP contribution is 2.31. The van der Waals surface area contributed by atoms with Gasteiger partial charge in [-0.3, -0.25) is 14.4 Å². The summed E-state index contributed by atoms with van der Waals surface area (Å²) in [5.41, 5.74) is 2.82. The zero-order valence-electron chi connectivity index (χ0n) is 16.0. The molecule has 0 atom stereocenters. The molecule has 1 aliphatic rings. The van der Waals surface area contributed by atoms with Gasteiger partial charge < -0.3 is 10.2 Å². The Hall–Kier alpha value is -3.93. The lowest BCUT2D eigenvalue weighted by Crippen LogP contribution is -2.31. The number of anilines is 3. The van der Waals surface area contributed by atoms with Crippen molar-refractivity contribution < 1.29 is 14.4 Å². The second-order valence-corrected chi connectivity index (χ2v) is 6.90. The van der Waals surface area contributed by atoms with Crippen molar-refractivity contribution in [2.24, 2.45) is 0 Å². The molecule has 0 radical (unpaired) electrons. The Balaban J connectivity index is 1.65. The average Bonchev–Trinajstić information content (AvgIpc) is 2.99. The number of hydrogen-bond acceptors (Lipinski definition) is 4. The summed E-state index contributed by atoms with van der Waals surface area (Å²) in [5, 5.41) is 2.83. The van der Waals surface area contributed by atoms with Crippen molar-refractivity contribution in [3.8, 4) is 0 Å². The topological polar surface area (TPSA) is 69.7 Å². The van der Waals surface area contributed by atoms with Crippen molar-refractivity contribution in [1.82, 2.24) is 0 Å². The number of rotatable bonds is 4. The molecule has 3 aromatic rings. The SMILES string of the molecule is CN(C)c1ccc(NC(=O)c2ccccc2N2C(=O)c3ccccc3C2=O)cc1. The molecule has 0 aromatic heterocycles. The maximum atomic E-state index is 12.9. The molecule has 1 heterocycles. The summed E-state index contributed by atoms with van der Waals surface area (Å²) in [6.07, 6.45) is 0. The first-order valence-corrected chi connectivity index (χ1v) is 9.13. The minimum absolute atomic E-state index is 0.249. The van der Waals surface area contributed by atoms with E-state index in [-0.39, 0.29) is 11.3 Å². The molecule has 29 heavy (non-hydrogen) atoms. The van der Waals surface area contributed by atoms with Gasteiger partial charge in [0.1, 0.15) is 0 Å². The summed E-state index contributed by atoms with van der Waals surface area (Å²) < 4.78 is 0. The molecule has 0 fully saturated rings. The van der Waals surface area contributed by atoms with Crippen LogP contribution in [0, 0.1) is 0 Å². The zero-order chi connectivity index (χ0) is 20.5. The Morgan fingerprint density at radius 1 is 0.793 bits per heavy atom. The van der Waals surface area contributed by atoms with Gasteiger partial charge in [0.25, 0.3) is 17.7 Å². The molecule has 144 valence electrons. The smallest absolute Gasteiger partial charge is 0.266 e. The van der Waals surface area contributed by atoms with Crippen LogP contribution in [-0.2, 0) is 0 Å². The van der Waals surface area contributed by atoms with Crippen LogP contribution in [0.25, 0.3) is 0 Å². The molecule has 3 aromatic carbocycles. The molecule has 0 bridgehead atoms. The van der Waals surface area contributed by atoms with Crippen molar-refractivity contribution in [3.63, 3.8) is 0 Å². The summed E-state index contributed by atoms with van der Waals surface area (Å²) in [7, 11) is 3.87. The van der Waals surface area contributed by atoms with Gasteiger partial charge in [-0.25, -0.2) is 4.90 Å². The molecule has 0 aliphatic carbocycles. The minimum Gasteiger partial charge on any atom is -0.378 e. The van der Waals surface area contributed by atoms with E-state index >= 15 is 0 Å². The monoisotopic (exact) mass is 385 g/mol. The number of amides is 3. The van der Waals surface area contributed by atoms with Crippen molar-refractivity contribution in [3.05, 3.63) is 89.5 Å². The van der Waals surface area contributed by atoms with Crippen LogP contribution in [0.15, 0.2) is 72.8 Å². The van der Waals surface area contributed by atoms with Crippen LogP contribution in [0.4, 0.5) is 17.1 Å². The Morgan fingerprint density at radius 2 is 1.34 bits per heavy atom. The number of benzene rings is 3. The van der Waals surface area contributed by atoms with Gasteiger partial charge in [0.15, 0.2) is 0 Å². The van der Waals surface area contributed by atoms with Crippen molar-refractivity contribution >= 4 is 34.8 Å². The lowest BCUT2D eigenvalue weighted by atomic mass is 10.1. The van der Waals surface area contributed by atoms with Crippen LogP contribution in [0.2, 0.25) is 0 Å². The molecule has 0 saturated heterocycles. The van der Waals surface area contributed by atoms with Crippen LogP contribution in [0.3, 0.4) is 0 Å². The Kier molecular flexibility index (Phi) is 4.60. The van der Waals surface area contributed by atoms with Gasteiger partial charge in [-0.2, -0.15) is 0 Å². The highest BCUT2D eigenvalue weighted by molar-refractivity contribution is 6.35. The third-order valence-corrected chi connectivity index (χ3v) is 4.83. The number of nitrogens with zero attached hydrogens (tertiary/aromatic N) is 2. The standard InChI is InChI=1S/C23H19N3O3/c1-25(2)16-13-11-15(12-14-16)24-21(27)19-9-5-6-10-20(19)26-22(28)17-7-3-4-8-18(17)23(26)29/h3-14H,1-2H3,(H,24,27). The second-order valence-electron chi connectivity index (χ2n) is 6.90. The number of imide groups is 1. The highest BCUT2D eigenvalue weighted by atomic mass is 16.2. The second kappa shape index (κ2) is 7.24. The maximum Gasteiger partial charge on any atom is 0.266 e. The molecular formula is C23H19N3O3. The maximum absolute atomic E-state index is 12.9. The summed E-state index contributed by atoms with van der Waals surface area (Å²) >= 11 is 0. The average molecular weight is 385 g/mol. The molecule has 6 nitrogen and oxygen atoms in total.